The van der Waals surface area contributed by atoms with Crippen molar-refractivity contribution >= 4 is 24.3 Å². The van der Waals surface area contributed by atoms with Gasteiger partial charge in [-0.05, 0) is 0 Å². The maximum absolute atomic E-state index is 11.7. The number of rotatable bonds is 12. The Kier molecular flexibility index (Phi) is 12.0. The number of unbranched alkanes of at least 4 members (excludes halogenated alkanes) is 3. The van der Waals surface area contributed by atoms with Gasteiger partial charge in [-0.25, -0.2) is 0 Å². The molecule has 0 aromatic heterocycles. The van der Waals surface area contributed by atoms with E-state index in [1.165, 1.54) is 58.9 Å². The van der Waals surface area contributed by atoms with Gasteiger partial charge in [-0.1, -0.05) is 0 Å². The molecule has 0 rings (SSSR count). The molecule has 0 aliphatic heterocycles. The molecule has 0 N–H and O–H groups in total. The Hall–Kier alpha value is 0.269. The Morgan fingerprint density at radius 2 is 1.35 bits per heavy atom. The summed E-state index contributed by atoms with van der Waals surface area (Å²) in [6.45, 7) is 9.23. The van der Waals surface area contributed by atoms with E-state index >= 15 is 0 Å². The van der Waals surface area contributed by atoms with E-state index in [4.69, 9.17) is 4.74 Å². The third kappa shape index (κ3) is 7.33. The van der Waals surface area contributed by atoms with Crippen molar-refractivity contribution < 1.29 is 9.53 Å². The monoisotopic (exact) mass is 392 g/mol. The van der Waals surface area contributed by atoms with Gasteiger partial charge >= 0.3 is 131 Å². The average molecular weight is 391 g/mol. The summed E-state index contributed by atoms with van der Waals surface area (Å²) in [6, 6.07) is 0. The fourth-order valence-corrected chi connectivity index (χ4v) is 20.4. The summed E-state index contributed by atoms with van der Waals surface area (Å²) >= 11 is -2.20. The van der Waals surface area contributed by atoms with E-state index in [0.717, 1.165) is 0 Å². The Bertz CT molecular complexity index is 232. The Morgan fingerprint density at radius 3 is 1.65 bits per heavy atom. The van der Waals surface area contributed by atoms with Gasteiger partial charge in [0.25, 0.3) is 0 Å². The SMILES string of the molecule is CCC[CH2][Sn]([CH2]CCC)([CH2]CCC)[C@H](C)CC(=O)OC. The molecule has 0 aromatic carbocycles. The van der Waals surface area contributed by atoms with Gasteiger partial charge in [-0.2, -0.15) is 0 Å². The summed E-state index contributed by atoms with van der Waals surface area (Å²) in [4.78, 5) is 11.7. The molecule has 0 spiro atoms. The van der Waals surface area contributed by atoms with Crippen molar-refractivity contribution in [1.82, 2.24) is 0 Å². The van der Waals surface area contributed by atoms with E-state index in [-0.39, 0.29) is 5.97 Å². The molecule has 2 nitrogen and oxygen atoms in total. The molecule has 0 fully saturated rings. The predicted molar refractivity (Wildman–Crippen MR) is 91.0 cm³/mol. The molecule has 1 atom stereocenters. The van der Waals surface area contributed by atoms with Crippen molar-refractivity contribution in [3.05, 3.63) is 0 Å². The fourth-order valence-electron chi connectivity index (χ4n) is 3.25. The molecule has 0 bridgehead atoms. The number of methoxy groups -OCH3 is 1. The van der Waals surface area contributed by atoms with Gasteiger partial charge in [0, 0.05) is 0 Å². The van der Waals surface area contributed by atoms with Crippen LogP contribution in [0.2, 0.25) is 17.2 Å². The quantitative estimate of drug-likeness (QED) is 0.311. The zero-order valence-electron chi connectivity index (χ0n) is 14.5. The molecule has 0 aromatic rings. The average Bonchev–Trinajstić information content (AvgIpc) is 2.46. The van der Waals surface area contributed by atoms with Crippen LogP contribution < -0.4 is 0 Å². The molecule has 0 saturated heterocycles. The molecule has 0 amide bonds. The first-order chi connectivity index (χ1) is 9.56. The second-order valence-electron chi connectivity index (χ2n) is 6.35. The van der Waals surface area contributed by atoms with Crippen LogP contribution in [-0.4, -0.2) is 31.5 Å². The Morgan fingerprint density at radius 1 is 0.950 bits per heavy atom. The van der Waals surface area contributed by atoms with Gasteiger partial charge in [0.1, 0.15) is 0 Å². The summed E-state index contributed by atoms with van der Waals surface area (Å²) in [6.07, 6.45) is 8.66. The van der Waals surface area contributed by atoms with Crippen LogP contribution in [0.15, 0.2) is 0 Å². The zero-order chi connectivity index (χ0) is 15.4. The summed E-state index contributed by atoms with van der Waals surface area (Å²) in [5.74, 6) is 0.00284. The summed E-state index contributed by atoms with van der Waals surface area (Å²) in [5.41, 5.74) is 0. The summed E-state index contributed by atoms with van der Waals surface area (Å²) in [5, 5.41) is 0. The minimum absolute atomic E-state index is 0.00284. The van der Waals surface area contributed by atoms with Crippen molar-refractivity contribution in [2.75, 3.05) is 7.11 Å². The summed E-state index contributed by atoms with van der Waals surface area (Å²) < 4.78 is 9.99. The molecule has 3 heteroatoms. The number of hydrogen-bond acceptors (Lipinski definition) is 2. The van der Waals surface area contributed by atoms with E-state index in [9.17, 15) is 4.79 Å². The topological polar surface area (TPSA) is 26.3 Å². The van der Waals surface area contributed by atoms with Crippen molar-refractivity contribution in [3.8, 4) is 0 Å². The third-order valence-corrected chi connectivity index (χ3v) is 22.9. The predicted octanol–water partition coefficient (Wildman–Crippen LogP) is 5.79. The van der Waals surface area contributed by atoms with E-state index < -0.39 is 18.4 Å². The third-order valence-electron chi connectivity index (χ3n) is 4.83. The second kappa shape index (κ2) is 11.9. The van der Waals surface area contributed by atoms with E-state index in [1.807, 2.05) is 0 Å². The van der Waals surface area contributed by atoms with Gasteiger partial charge in [0.15, 0.2) is 0 Å². The van der Waals surface area contributed by atoms with E-state index in [1.54, 1.807) is 0 Å². The van der Waals surface area contributed by atoms with Crippen molar-refractivity contribution in [3.63, 3.8) is 0 Å². The molecule has 0 saturated carbocycles. The first-order valence-electron chi connectivity index (χ1n) is 8.63. The molecule has 120 valence electrons. The molecular formula is C17H36O2Sn. The van der Waals surface area contributed by atoms with Gasteiger partial charge < -0.3 is 0 Å². The number of hydrogen-bond donors (Lipinski definition) is 0. The molecule has 0 aliphatic carbocycles. The zero-order valence-corrected chi connectivity index (χ0v) is 17.3. The van der Waals surface area contributed by atoms with Crippen LogP contribution >= 0.6 is 0 Å². The first-order valence-corrected chi connectivity index (χ1v) is 16.3. The molecule has 0 aliphatic rings. The van der Waals surface area contributed by atoms with Crippen molar-refractivity contribution in [2.24, 2.45) is 0 Å². The van der Waals surface area contributed by atoms with Gasteiger partial charge in [0.2, 0.25) is 0 Å². The number of esters is 1. The van der Waals surface area contributed by atoms with Crippen LogP contribution in [0, 0.1) is 0 Å². The molecule has 0 unspecified atom stereocenters. The van der Waals surface area contributed by atoms with Crippen LogP contribution in [0.1, 0.15) is 72.6 Å². The maximum atomic E-state index is 11.7. The van der Waals surface area contributed by atoms with Crippen molar-refractivity contribution in [1.29, 1.82) is 0 Å². The second-order valence-corrected chi connectivity index (χ2v) is 21.2. The van der Waals surface area contributed by atoms with Crippen LogP contribution in [0.5, 0.6) is 0 Å². The number of ether oxygens (including phenoxy) is 1. The van der Waals surface area contributed by atoms with Crippen molar-refractivity contribution in [2.45, 2.75) is 89.9 Å². The molecule has 0 heterocycles. The van der Waals surface area contributed by atoms with Crippen LogP contribution in [-0.2, 0) is 9.53 Å². The Balaban J connectivity index is 4.94. The van der Waals surface area contributed by atoms with Gasteiger partial charge in [0.05, 0.1) is 0 Å². The van der Waals surface area contributed by atoms with Crippen LogP contribution in [0.25, 0.3) is 0 Å². The normalized spacial score (nSPS) is 13.2. The van der Waals surface area contributed by atoms with Crippen LogP contribution in [0.4, 0.5) is 0 Å². The van der Waals surface area contributed by atoms with Crippen LogP contribution in [0.3, 0.4) is 0 Å². The minimum atomic E-state index is -2.20. The molecule has 0 radical (unpaired) electrons. The number of carbonyl (C=O) groups excluding carboxylic acids is 1. The standard InChI is InChI=1S/C5H9O2.3C4H9.Sn/c1-3-4-5(6)7-2;3*1-3-4-2;/h3H,4H2,1-2H3;3*1,3-4H2,2H3;. The fraction of sp³-hybridized carbons (Fsp3) is 0.941. The number of carbonyl (C=O) groups is 1. The van der Waals surface area contributed by atoms with Gasteiger partial charge in [-0.3, -0.25) is 0 Å². The summed E-state index contributed by atoms with van der Waals surface area (Å²) in [7, 11) is 1.52. The molecule has 20 heavy (non-hydrogen) atoms. The van der Waals surface area contributed by atoms with E-state index in [2.05, 4.69) is 27.7 Å². The van der Waals surface area contributed by atoms with E-state index in [0.29, 0.717) is 10.4 Å². The molecular weight excluding hydrogens is 355 g/mol. The Labute approximate surface area is 130 Å². The van der Waals surface area contributed by atoms with Gasteiger partial charge in [-0.15, -0.1) is 0 Å². The first kappa shape index (κ1) is 20.3.